The van der Waals surface area contributed by atoms with Crippen LogP contribution in [0.1, 0.15) is 44.6 Å². The predicted octanol–water partition coefficient (Wildman–Crippen LogP) is 2.62. The number of carbonyl (C=O) groups excluding carboxylic acids is 2. The second-order valence-electron chi connectivity index (χ2n) is 5.82. The summed E-state index contributed by atoms with van der Waals surface area (Å²) >= 11 is 0. The molecule has 126 valence electrons. The molecule has 0 saturated heterocycles. The molecule has 0 aromatic heterocycles. The van der Waals surface area contributed by atoms with Gasteiger partial charge in [0.1, 0.15) is 5.75 Å². The summed E-state index contributed by atoms with van der Waals surface area (Å²) in [5.41, 5.74) is 0.839. The van der Waals surface area contributed by atoms with Crippen LogP contribution in [-0.2, 0) is 20.7 Å². The Hall–Kier alpha value is -2.04. The largest absolute Gasteiger partial charge is 0.494 e. The highest BCUT2D eigenvalue weighted by Gasteiger charge is 2.16. The maximum atomic E-state index is 11.8. The Labute approximate surface area is 137 Å². The van der Waals surface area contributed by atoms with Crippen molar-refractivity contribution in [2.24, 2.45) is 0 Å². The van der Waals surface area contributed by atoms with Gasteiger partial charge in [0.2, 0.25) is 0 Å². The van der Waals surface area contributed by atoms with Crippen LogP contribution in [0.4, 0.5) is 0 Å². The van der Waals surface area contributed by atoms with Crippen molar-refractivity contribution in [3.63, 3.8) is 0 Å². The van der Waals surface area contributed by atoms with E-state index >= 15 is 0 Å². The summed E-state index contributed by atoms with van der Waals surface area (Å²) in [5, 5.41) is 2.93. The summed E-state index contributed by atoms with van der Waals surface area (Å²) in [7, 11) is 0. The Morgan fingerprint density at radius 3 is 2.48 bits per heavy atom. The molecule has 23 heavy (non-hydrogen) atoms. The maximum Gasteiger partial charge on any atom is 0.310 e. The smallest absolute Gasteiger partial charge is 0.310 e. The first-order valence-electron chi connectivity index (χ1n) is 8.34. The molecular formula is C18H25NO4. The predicted molar refractivity (Wildman–Crippen MR) is 87.3 cm³/mol. The molecule has 0 aliphatic heterocycles. The quantitative estimate of drug-likeness (QED) is 0.785. The number of esters is 1. The van der Waals surface area contributed by atoms with Gasteiger partial charge in [-0.15, -0.1) is 0 Å². The van der Waals surface area contributed by atoms with Gasteiger partial charge in [-0.25, -0.2) is 0 Å². The van der Waals surface area contributed by atoms with E-state index in [1.165, 1.54) is 6.42 Å². The molecule has 1 aliphatic carbocycles. The number of hydrogen-bond donors (Lipinski definition) is 1. The number of benzene rings is 1. The third-order valence-electron chi connectivity index (χ3n) is 3.92. The van der Waals surface area contributed by atoms with Crippen LogP contribution in [0.5, 0.6) is 5.75 Å². The number of amides is 1. The van der Waals surface area contributed by atoms with Crippen molar-refractivity contribution in [3.05, 3.63) is 29.8 Å². The zero-order chi connectivity index (χ0) is 16.5. The van der Waals surface area contributed by atoms with E-state index in [2.05, 4.69) is 5.32 Å². The minimum Gasteiger partial charge on any atom is -0.494 e. The van der Waals surface area contributed by atoms with Crippen LogP contribution in [0.25, 0.3) is 0 Å². The number of rotatable bonds is 7. The SMILES string of the molecule is CCOc1ccc(CC(=O)OCC(=O)NC2CCCCC2)cc1. The molecule has 5 heteroatoms. The molecule has 0 radical (unpaired) electrons. The van der Waals surface area contributed by atoms with Gasteiger partial charge in [0.05, 0.1) is 13.0 Å². The first kappa shape index (κ1) is 17.3. The third-order valence-corrected chi connectivity index (χ3v) is 3.92. The average molecular weight is 319 g/mol. The molecule has 1 fully saturated rings. The van der Waals surface area contributed by atoms with Gasteiger partial charge in [-0.3, -0.25) is 9.59 Å². The van der Waals surface area contributed by atoms with Crippen LogP contribution in [0.15, 0.2) is 24.3 Å². The summed E-state index contributed by atoms with van der Waals surface area (Å²) in [5.74, 6) is 0.168. The molecule has 1 aromatic rings. The maximum absolute atomic E-state index is 11.8. The molecular weight excluding hydrogens is 294 g/mol. The van der Waals surface area contributed by atoms with Crippen molar-refractivity contribution in [1.29, 1.82) is 0 Å². The molecule has 0 heterocycles. The fourth-order valence-electron chi connectivity index (χ4n) is 2.75. The lowest BCUT2D eigenvalue weighted by Gasteiger charge is -2.22. The standard InChI is InChI=1S/C18H25NO4/c1-2-22-16-10-8-14(9-11-16)12-18(21)23-13-17(20)19-15-6-4-3-5-7-15/h8-11,15H,2-7,12-13H2,1H3,(H,19,20). The van der Waals surface area contributed by atoms with Crippen molar-refractivity contribution in [3.8, 4) is 5.75 Å². The van der Waals surface area contributed by atoms with E-state index in [0.717, 1.165) is 37.0 Å². The van der Waals surface area contributed by atoms with Gasteiger partial charge in [-0.2, -0.15) is 0 Å². The fourth-order valence-corrected chi connectivity index (χ4v) is 2.75. The van der Waals surface area contributed by atoms with Crippen LogP contribution in [0.2, 0.25) is 0 Å². The van der Waals surface area contributed by atoms with Crippen molar-refractivity contribution >= 4 is 11.9 Å². The number of ether oxygens (including phenoxy) is 2. The van der Waals surface area contributed by atoms with Crippen LogP contribution >= 0.6 is 0 Å². The molecule has 1 N–H and O–H groups in total. The Morgan fingerprint density at radius 1 is 1.13 bits per heavy atom. The molecule has 1 amide bonds. The lowest BCUT2D eigenvalue weighted by molar-refractivity contribution is -0.148. The van der Waals surface area contributed by atoms with Gasteiger partial charge in [-0.05, 0) is 37.5 Å². The van der Waals surface area contributed by atoms with Crippen LogP contribution < -0.4 is 10.1 Å². The Kier molecular flexibility index (Phi) is 6.91. The molecule has 5 nitrogen and oxygen atoms in total. The van der Waals surface area contributed by atoms with E-state index in [1.54, 1.807) is 0 Å². The number of hydrogen-bond acceptors (Lipinski definition) is 4. The zero-order valence-corrected chi connectivity index (χ0v) is 13.7. The van der Waals surface area contributed by atoms with E-state index in [0.29, 0.717) is 6.61 Å². The summed E-state index contributed by atoms with van der Waals surface area (Å²) in [4.78, 5) is 23.6. The van der Waals surface area contributed by atoms with E-state index in [1.807, 2.05) is 31.2 Å². The van der Waals surface area contributed by atoms with Crippen molar-refractivity contribution in [2.75, 3.05) is 13.2 Å². The van der Waals surface area contributed by atoms with Crippen LogP contribution in [-0.4, -0.2) is 31.1 Å². The summed E-state index contributed by atoms with van der Waals surface area (Å²) in [6.07, 6.45) is 5.75. The summed E-state index contributed by atoms with van der Waals surface area (Å²) < 4.78 is 10.4. The molecule has 0 unspecified atom stereocenters. The van der Waals surface area contributed by atoms with Gasteiger partial charge in [-0.1, -0.05) is 31.4 Å². The van der Waals surface area contributed by atoms with Gasteiger partial charge >= 0.3 is 5.97 Å². The van der Waals surface area contributed by atoms with Gasteiger partial charge < -0.3 is 14.8 Å². The summed E-state index contributed by atoms with van der Waals surface area (Å²) in [6.45, 7) is 2.33. The Morgan fingerprint density at radius 2 is 1.83 bits per heavy atom. The van der Waals surface area contributed by atoms with E-state index < -0.39 is 5.97 Å². The minimum atomic E-state index is -0.395. The van der Waals surface area contributed by atoms with E-state index in [-0.39, 0.29) is 25.0 Å². The van der Waals surface area contributed by atoms with Crippen LogP contribution in [0, 0.1) is 0 Å². The third kappa shape index (κ3) is 6.30. The number of nitrogens with one attached hydrogen (secondary N) is 1. The molecule has 0 bridgehead atoms. The molecule has 0 atom stereocenters. The molecule has 1 aliphatic rings. The highest BCUT2D eigenvalue weighted by Crippen LogP contribution is 2.17. The molecule has 1 aromatic carbocycles. The van der Waals surface area contributed by atoms with Crippen LogP contribution in [0.3, 0.4) is 0 Å². The first-order chi connectivity index (χ1) is 11.2. The lowest BCUT2D eigenvalue weighted by atomic mass is 9.95. The van der Waals surface area contributed by atoms with Gasteiger partial charge in [0.25, 0.3) is 5.91 Å². The Balaban J connectivity index is 1.68. The van der Waals surface area contributed by atoms with E-state index in [9.17, 15) is 9.59 Å². The van der Waals surface area contributed by atoms with Gasteiger partial charge in [0.15, 0.2) is 6.61 Å². The molecule has 0 spiro atoms. The lowest BCUT2D eigenvalue weighted by Crippen LogP contribution is -2.38. The van der Waals surface area contributed by atoms with Gasteiger partial charge in [0, 0.05) is 6.04 Å². The molecule has 1 saturated carbocycles. The second-order valence-corrected chi connectivity index (χ2v) is 5.82. The normalized spacial score (nSPS) is 15.0. The average Bonchev–Trinajstić information content (AvgIpc) is 2.56. The van der Waals surface area contributed by atoms with Crippen molar-refractivity contribution in [2.45, 2.75) is 51.5 Å². The minimum absolute atomic E-state index is 0.156. The zero-order valence-electron chi connectivity index (χ0n) is 13.7. The van der Waals surface area contributed by atoms with Crippen molar-refractivity contribution < 1.29 is 19.1 Å². The first-order valence-corrected chi connectivity index (χ1v) is 8.34. The second kappa shape index (κ2) is 9.18. The highest BCUT2D eigenvalue weighted by atomic mass is 16.5. The highest BCUT2D eigenvalue weighted by molar-refractivity contribution is 5.81. The topological polar surface area (TPSA) is 64.6 Å². The monoisotopic (exact) mass is 319 g/mol. The fraction of sp³-hybridized carbons (Fsp3) is 0.556. The summed E-state index contributed by atoms with van der Waals surface area (Å²) in [6, 6.07) is 7.54. The Bertz CT molecular complexity index is 506. The number of carbonyl (C=O) groups is 2. The van der Waals surface area contributed by atoms with Crippen molar-refractivity contribution in [1.82, 2.24) is 5.32 Å². The van der Waals surface area contributed by atoms with E-state index in [4.69, 9.17) is 9.47 Å². The molecule has 2 rings (SSSR count).